The number of ether oxygens (including phenoxy) is 2. The minimum absolute atomic E-state index is 0.105. The fourth-order valence-corrected chi connectivity index (χ4v) is 3.57. The van der Waals surface area contributed by atoms with Gasteiger partial charge in [-0.05, 0) is 59.1 Å². The lowest BCUT2D eigenvalue weighted by atomic mass is 9.84. The number of nitrogens with zero attached hydrogens (tertiary/aromatic N) is 1. The Bertz CT molecular complexity index is 679. The molecule has 1 aliphatic rings. The normalized spacial score (nSPS) is 17.5. The van der Waals surface area contributed by atoms with Gasteiger partial charge in [-0.3, -0.25) is 4.79 Å². The Morgan fingerprint density at radius 1 is 1.17 bits per heavy atom. The standard InChI is InChI=1S/C24H39NO4/c1-10-12-13-18-14-15-20(25(16-18)24(7,8)22(27)28-9)17(3)19(11-2)21(26)29-23(4,5)6/h12-15,17,19H,10-11,16H2,1-9H3/b13-12-/t17-,19?/m0/s1. The van der Waals surface area contributed by atoms with Crippen molar-refractivity contribution in [3.8, 4) is 0 Å². The summed E-state index contributed by atoms with van der Waals surface area (Å²) in [5.41, 5.74) is 0.672. The van der Waals surface area contributed by atoms with Crippen LogP contribution in [-0.4, -0.2) is 41.6 Å². The van der Waals surface area contributed by atoms with Crippen molar-refractivity contribution in [2.45, 2.75) is 79.4 Å². The lowest BCUT2D eigenvalue weighted by Gasteiger charge is -2.44. The predicted molar refractivity (Wildman–Crippen MR) is 117 cm³/mol. The molecular weight excluding hydrogens is 366 g/mol. The van der Waals surface area contributed by atoms with E-state index in [0.717, 1.165) is 17.7 Å². The molecule has 0 aliphatic carbocycles. The van der Waals surface area contributed by atoms with Gasteiger partial charge in [0.25, 0.3) is 0 Å². The van der Waals surface area contributed by atoms with E-state index in [4.69, 9.17) is 9.47 Å². The monoisotopic (exact) mass is 405 g/mol. The molecule has 5 nitrogen and oxygen atoms in total. The quantitative estimate of drug-likeness (QED) is 0.530. The number of esters is 2. The summed E-state index contributed by atoms with van der Waals surface area (Å²) in [6.45, 7) is 16.1. The van der Waals surface area contributed by atoms with Gasteiger partial charge >= 0.3 is 11.9 Å². The van der Waals surface area contributed by atoms with Gasteiger partial charge in [-0.25, -0.2) is 4.79 Å². The maximum Gasteiger partial charge on any atom is 0.331 e. The van der Waals surface area contributed by atoms with Crippen LogP contribution >= 0.6 is 0 Å². The summed E-state index contributed by atoms with van der Waals surface area (Å²) < 4.78 is 10.7. The summed E-state index contributed by atoms with van der Waals surface area (Å²) in [5.74, 6) is -0.907. The van der Waals surface area contributed by atoms with Crippen molar-refractivity contribution in [1.29, 1.82) is 0 Å². The van der Waals surface area contributed by atoms with Gasteiger partial charge in [0.15, 0.2) is 0 Å². The van der Waals surface area contributed by atoms with Gasteiger partial charge in [0.2, 0.25) is 0 Å². The molecule has 2 atom stereocenters. The zero-order valence-corrected chi connectivity index (χ0v) is 19.7. The summed E-state index contributed by atoms with van der Waals surface area (Å²) in [4.78, 5) is 27.5. The lowest BCUT2D eigenvalue weighted by Crippen LogP contribution is -2.53. The van der Waals surface area contributed by atoms with Crippen molar-refractivity contribution in [1.82, 2.24) is 4.90 Å². The molecule has 0 radical (unpaired) electrons. The summed E-state index contributed by atoms with van der Waals surface area (Å²) in [5, 5.41) is 0. The van der Waals surface area contributed by atoms with E-state index in [0.29, 0.717) is 13.0 Å². The molecule has 0 aromatic carbocycles. The molecule has 164 valence electrons. The number of allylic oxidation sites excluding steroid dienone is 4. The van der Waals surface area contributed by atoms with Crippen molar-refractivity contribution >= 4 is 11.9 Å². The average Bonchev–Trinajstić information content (AvgIpc) is 2.64. The van der Waals surface area contributed by atoms with Crippen LogP contribution in [0, 0.1) is 11.8 Å². The molecule has 1 heterocycles. The minimum atomic E-state index is -0.860. The molecule has 0 aromatic rings. The van der Waals surface area contributed by atoms with Crippen LogP contribution in [0.4, 0.5) is 0 Å². The van der Waals surface area contributed by atoms with Crippen LogP contribution in [0.5, 0.6) is 0 Å². The van der Waals surface area contributed by atoms with E-state index in [-0.39, 0.29) is 23.8 Å². The highest BCUT2D eigenvalue weighted by Gasteiger charge is 2.41. The highest BCUT2D eigenvalue weighted by atomic mass is 16.6. The fraction of sp³-hybridized carbons (Fsp3) is 0.667. The Morgan fingerprint density at radius 3 is 2.28 bits per heavy atom. The predicted octanol–water partition coefficient (Wildman–Crippen LogP) is 5.03. The smallest absolute Gasteiger partial charge is 0.331 e. The molecule has 0 amide bonds. The van der Waals surface area contributed by atoms with Crippen molar-refractivity contribution in [3.05, 3.63) is 35.6 Å². The maximum atomic E-state index is 12.8. The van der Waals surface area contributed by atoms with Gasteiger partial charge in [0.05, 0.1) is 13.0 Å². The molecule has 29 heavy (non-hydrogen) atoms. The fourth-order valence-electron chi connectivity index (χ4n) is 3.57. The Hall–Kier alpha value is -2.04. The summed E-state index contributed by atoms with van der Waals surface area (Å²) in [6, 6.07) is 0. The Labute approximate surface area is 176 Å². The average molecular weight is 406 g/mol. The van der Waals surface area contributed by atoms with Gasteiger partial charge in [0.1, 0.15) is 11.1 Å². The molecule has 0 fully saturated rings. The number of hydrogen-bond acceptors (Lipinski definition) is 5. The first-order chi connectivity index (χ1) is 13.4. The van der Waals surface area contributed by atoms with E-state index < -0.39 is 11.1 Å². The second-order valence-corrected chi connectivity index (χ2v) is 9.12. The molecule has 0 aromatic heterocycles. The van der Waals surface area contributed by atoms with Crippen molar-refractivity contribution in [2.75, 3.05) is 13.7 Å². The third-order valence-electron chi connectivity index (χ3n) is 5.27. The third-order valence-corrected chi connectivity index (χ3v) is 5.27. The maximum absolute atomic E-state index is 12.8. The summed E-state index contributed by atoms with van der Waals surface area (Å²) >= 11 is 0. The van der Waals surface area contributed by atoms with Gasteiger partial charge in [0, 0.05) is 18.2 Å². The zero-order valence-electron chi connectivity index (χ0n) is 19.7. The second-order valence-electron chi connectivity index (χ2n) is 9.12. The molecule has 1 unspecified atom stereocenters. The molecule has 0 spiro atoms. The molecule has 0 saturated heterocycles. The Balaban J connectivity index is 3.33. The van der Waals surface area contributed by atoms with E-state index in [1.807, 2.05) is 54.5 Å². The Morgan fingerprint density at radius 2 is 1.79 bits per heavy atom. The third kappa shape index (κ3) is 6.48. The van der Waals surface area contributed by atoms with Crippen LogP contribution in [0.15, 0.2) is 35.6 Å². The molecule has 0 N–H and O–H groups in total. The van der Waals surface area contributed by atoms with Crippen molar-refractivity contribution in [3.63, 3.8) is 0 Å². The number of carbonyl (C=O) groups excluding carboxylic acids is 2. The van der Waals surface area contributed by atoms with Crippen LogP contribution in [0.1, 0.15) is 68.2 Å². The van der Waals surface area contributed by atoms with E-state index in [2.05, 4.69) is 30.1 Å². The van der Waals surface area contributed by atoms with Crippen LogP contribution < -0.4 is 0 Å². The lowest BCUT2D eigenvalue weighted by molar-refractivity contribution is -0.161. The number of rotatable bonds is 8. The molecule has 0 bridgehead atoms. The summed E-state index contributed by atoms with van der Waals surface area (Å²) in [6.07, 6.45) is 9.90. The van der Waals surface area contributed by atoms with Crippen molar-refractivity contribution < 1.29 is 19.1 Å². The zero-order chi connectivity index (χ0) is 22.4. The number of carbonyl (C=O) groups is 2. The van der Waals surface area contributed by atoms with E-state index in [9.17, 15) is 9.59 Å². The number of hydrogen-bond donors (Lipinski definition) is 0. The molecule has 1 rings (SSSR count). The minimum Gasteiger partial charge on any atom is -0.467 e. The second kappa shape index (κ2) is 10.1. The molecule has 5 heteroatoms. The van der Waals surface area contributed by atoms with E-state index in [1.165, 1.54) is 7.11 Å². The van der Waals surface area contributed by atoms with E-state index >= 15 is 0 Å². The van der Waals surface area contributed by atoms with Crippen LogP contribution in [0.3, 0.4) is 0 Å². The van der Waals surface area contributed by atoms with E-state index in [1.54, 1.807) is 0 Å². The SMILES string of the molecule is CC/C=C\C1=CC=C([C@@H](C)C(CC)C(=O)OC(C)(C)C)N(C(C)(C)C(=O)OC)C1. The van der Waals surface area contributed by atoms with Gasteiger partial charge in [-0.2, -0.15) is 0 Å². The first kappa shape index (κ1) is 25.0. The molecule has 0 saturated carbocycles. The summed E-state index contributed by atoms with van der Waals surface area (Å²) in [7, 11) is 1.41. The van der Waals surface area contributed by atoms with Gasteiger partial charge < -0.3 is 14.4 Å². The topological polar surface area (TPSA) is 55.8 Å². The van der Waals surface area contributed by atoms with Crippen molar-refractivity contribution in [2.24, 2.45) is 11.8 Å². The van der Waals surface area contributed by atoms with Crippen LogP contribution in [0.25, 0.3) is 0 Å². The number of methoxy groups -OCH3 is 1. The largest absolute Gasteiger partial charge is 0.467 e. The first-order valence-electron chi connectivity index (χ1n) is 10.5. The molecular formula is C24H39NO4. The first-order valence-corrected chi connectivity index (χ1v) is 10.5. The van der Waals surface area contributed by atoms with Crippen LogP contribution in [0.2, 0.25) is 0 Å². The van der Waals surface area contributed by atoms with Gasteiger partial charge in [-0.15, -0.1) is 0 Å². The van der Waals surface area contributed by atoms with Gasteiger partial charge in [-0.1, -0.05) is 39.0 Å². The Kier molecular flexibility index (Phi) is 8.73. The highest BCUT2D eigenvalue weighted by Crippen LogP contribution is 2.35. The molecule has 1 aliphatic heterocycles. The highest BCUT2D eigenvalue weighted by molar-refractivity contribution is 5.80. The van der Waals surface area contributed by atoms with Crippen LogP contribution in [-0.2, 0) is 19.1 Å².